The molecule has 0 aliphatic carbocycles. The zero-order chi connectivity index (χ0) is 14.2. The fraction of sp³-hybridized carbons (Fsp3) is 0.286. The molecule has 1 aromatic heterocycles. The monoisotopic (exact) mass is 324 g/mol. The highest BCUT2D eigenvalue weighted by atomic mass is 79.9. The molecule has 19 heavy (non-hydrogen) atoms. The summed E-state index contributed by atoms with van der Waals surface area (Å²) in [5.74, 6) is -0.398. The lowest BCUT2D eigenvalue weighted by Gasteiger charge is -2.18. The summed E-state index contributed by atoms with van der Waals surface area (Å²) in [7, 11) is 0. The van der Waals surface area contributed by atoms with Gasteiger partial charge in [-0.2, -0.15) is 5.10 Å². The molecular weight excluding hydrogens is 311 g/mol. The number of hydrogen-bond donors (Lipinski definition) is 0. The van der Waals surface area contributed by atoms with Crippen molar-refractivity contribution >= 4 is 22.2 Å². The van der Waals surface area contributed by atoms with Crippen molar-refractivity contribution in [1.82, 2.24) is 9.78 Å². The molecule has 0 aliphatic rings. The largest absolute Gasteiger partial charge is 0.298 e. The van der Waals surface area contributed by atoms with Crippen LogP contribution in [-0.2, 0) is 5.54 Å². The summed E-state index contributed by atoms with van der Waals surface area (Å²) in [4.78, 5) is 11.1. The molecule has 0 saturated heterocycles. The molecule has 0 saturated carbocycles. The molecule has 0 fully saturated rings. The average molecular weight is 325 g/mol. The van der Waals surface area contributed by atoms with Crippen molar-refractivity contribution in [3.05, 3.63) is 40.2 Å². The molecule has 3 nitrogen and oxygen atoms in total. The third kappa shape index (κ3) is 2.76. The number of halogens is 2. The summed E-state index contributed by atoms with van der Waals surface area (Å²) in [5.41, 5.74) is 0.800. The number of benzene rings is 1. The molecule has 0 atom stereocenters. The highest BCUT2D eigenvalue weighted by Crippen LogP contribution is 2.28. The van der Waals surface area contributed by atoms with Gasteiger partial charge >= 0.3 is 0 Å². The van der Waals surface area contributed by atoms with Crippen molar-refractivity contribution < 1.29 is 9.18 Å². The standard InChI is InChI=1S/C14H14BrFN2O/c1-14(2,3)18-7-9(8-19)13(17-18)11-6-10(15)4-5-12(11)16/h4-8H,1-3H3. The van der Waals surface area contributed by atoms with Crippen LogP contribution in [0.1, 0.15) is 31.1 Å². The lowest BCUT2D eigenvalue weighted by Crippen LogP contribution is -2.22. The summed E-state index contributed by atoms with van der Waals surface area (Å²) in [5, 5.41) is 4.35. The van der Waals surface area contributed by atoms with E-state index in [1.807, 2.05) is 20.8 Å². The maximum atomic E-state index is 13.9. The second-order valence-corrected chi connectivity index (χ2v) is 6.21. The van der Waals surface area contributed by atoms with Crippen molar-refractivity contribution in [1.29, 1.82) is 0 Å². The molecule has 0 radical (unpaired) electrons. The summed E-state index contributed by atoms with van der Waals surface area (Å²) >= 11 is 3.30. The zero-order valence-corrected chi connectivity index (χ0v) is 12.5. The van der Waals surface area contributed by atoms with Crippen LogP contribution >= 0.6 is 15.9 Å². The zero-order valence-electron chi connectivity index (χ0n) is 10.9. The molecule has 0 spiro atoms. The number of nitrogens with zero attached hydrogens (tertiary/aromatic N) is 2. The van der Waals surface area contributed by atoms with Crippen LogP contribution in [0.4, 0.5) is 4.39 Å². The van der Waals surface area contributed by atoms with Crippen molar-refractivity contribution in [2.45, 2.75) is 26.3 Å². The van der Waals surface area contributed by atoms with Gasteiger partial charge < -0.3 is 0 Å². The van der Waals surface area contributed by atoms with E-state index in [2.05, 4.69) is 21.0 Å². The van der Waals surface area contributed by atoms with Gasteiger partial charge in [-0.25, -0.2) is 4.39 Å². The Morgan fingerprint density at radius 1 is 1.37 bits per heavy atom. The number of carbonyl (C=O) groups excluding carboxylic acids is 1. The quantitative estimate of drug-likeness (QED) is 0.782. The smallest absolute Gasteiger partial charge is 0.153 e. The van der Waals surface area contributed by atoms with Crippen molar-refractivity contribution in [3.8, 4) is 11.3 Å². The summed E-state index contributed by atoms with van der Waals surface area (Å²) in [6.45, 7) is 5.90. The Morgan fingerprint density at radius 3 is 2.63 bits per heavy atom. The molecule has 0 aliphatic heterocycles. The van der Waals surface area contributed by atoms with Gasteiger partial charge in [0.05, 0.1) is 11.1 Å². The Labute approximate surface area is 119 Å². The summed E-state index contributed by atoms with van der Waals surface area (Å²) < 4.78 is 16.3. The predicted molar refractivity (Wildman–Crippen MR) is 75.7 cm³/mol. The van der Waals surface area contributed by atoms with Crippen LogP contribution in [0.25, 0.3) is 11.3 Å². The SMILES string of the molecule is CC(C)(C)n1cc(C=O)c(-c2cc(Br)ccc2F)n1. The molecule has 2 aromatic rings. The van der Waals surface area contributed by atoms with E-state index in [1.165, 1.54) is 6.07 Å². The van der Waals surface area contributed by atoms with Gasteiger partial charge in [-0.1, -0.05) is 15.9 Å². The number of rotatable bonds is 2. The Balaban J connectivity index is 2.64. The van der Waals surface area contributed by atoms with Gasteiger partial charge in [0.25, 0.3) is 0 Å². The van der Waals surface area contributed by atoms with E-state index in [0.29, 0.717) is 23.1 Å². The number of hydrogen-bond acceptors (Lipinski definition) is 2. The minimum absolute atomic E-state index is 0.265. The molecule has 1 aromatic carbocycles. The van der Waals surface area contributed by atoms with Crippen molar-refractivity contribution in [2.24, 2.45) is 0 Å². The van der Waals surface area contributed by atoms with Gasteiger partial charge in [0.1, 0.15) is 11.5 Å². The Kier molecular flexibility index (Phi) is 3.58. The lowest BCUT2D eigenvalue weighted by atomic mass is 10.1. The highest BCUT2D eigenvalue weighted by Gasteiger charge is 2.20. The van der Waals surface area contributed by atoms with Crippen LogP contribution in [0, 0.1) is 5.82 Å². The molecule has 100 valence electrons. The van der Waals surface area contributed by atoms with Crippen LogP contribution in [0.15, 0.2) is 28.9 Å². The fourth-order valence-corrected chi connectivity index (χ4v) is 2.07. The van der Waals surface area contributed by atoms with Crippen molar-refractivity contribution in [2.75, 3.05) is 0 Å². The Morgan fingerprint density at radius 2 is 2.05 bits per heavy atom. The van der Waals surface area contributed by atoms with Gasteiger partial charge in [0.15, 0.2) is 6.29 Å². The number of carbonyl (C=O) groups is 1. The van der Waals surface area contributed by atoms with Crippen LogP contribution < -0.4 is 0 Å². The maximum absolute atomic E-state index is 13.9. The van der Waals surface area contributed by atoms with E-state index < -0.39 is 5.82 Å². The Hall–Kier alpha value is -1.49. The maximum Gasteiger partial charge on any atom is 0.153 e. The van der Waals surface area contributed by atoms with Crippen LogP contribution in [0.3, 0.4) is 0 Å². The van der Waals surface area contributed by atoms with Gasteiger partial charge in [0.2, 0.25) is 0 Å². The second kappa shape index (κ2) is 4.89. The van der Waals surface area contributed by atoms with E-state index in [0.717, 1.165) is 4.47 Å². The molecule has 0 bridgehead atoms. The second-order valence-electron chi connectivity index (χ2n) is 5.29. The molecule has 0 amide bonds. The minimum Gasteiger partial charge on any atom is -0.298 e. The van der Waals surface area contributed by atoms with E-state index in [1.54, 1.807) is 23.0 Å². The molecule has 5 heteroatoms. The van der Waals surface area contributed by atoms with E-state index in [-0.39, 0.29) is 5.54 Å². The first kappa shape index (κ1) is 13.9. The van der Waals surface area contributed by atoms with Gasteiger partial charge in [-0.15, -0.1) is 0 Å². The van der Waals surface area contributed by atoms with Gasteiger partial charge in [0, 0.05) is 16.2 Å². The normalized spacial score (nSPS) is 11.6. The van der Waals surface area contributed by atoms with Crippen LogP contribution in [0.2, 0.25) is 0 Å². The third-order valence-corrected chi connectivity index (χ3v) is 3.23. The van der Waals surface area contributed by atoms with E-state index in [4.69, 9.17) is 0 Å². The predicted octanol–water partition coefficient (Wildman–Crippen LogP) is 4.02. The van der Waals surface area contributed by atoms with Gasteiger partial charge in [-0.3, -0.25) is 9.48 Å². The first-order valence-corrected chi connectivity index (χ1v) is 6.63. The average Bonchev–Trinajstić information content (AvgIpc) is 2.76. The molecule has 0 unspecified atom stereocenters. The molecule has 0 N–H and O–H groups in total. The lowest BCUT2D eigenvalue weighted by molar-refractivity contribution is 0.112. The van der Waals surface area contributed by atoms with Crippen LogP contribution in [-0.4, -0.2) is 16.1 Å². The number of aldehydes is 1. The molecule has 1 heterocycles. The topological polar surface area (TPSA) is 34.9 Å². The van der Waals surface area contributed by atoms with Crippen molar-refractivity contribution in [3.63, 3.8) is 0 Å². The highest BCUT2D eigenvalue weighted by molar-refractivity contribution is 9.10. The van der Waals surface area contributed by atoms with E-state index in [9.17, 15) is 9.18 Å². The van der Waals surface area contributed by atoms with E-state index >= 15 is 0 Å². The third-order valence-electron chi connectivity index (χ3n) is 2.74. The first-order valence-electron chi connectivity index (χ1n) is 5.83. The fourth-order valence-electron chi connectivity index (χ4n) is 1.71. The van der Waals surface area contributed by atoms with Crippen LogP contribution in [0.5, 0.6) is 0 Å². The number of aromatic nitrogens is 2. The minimum atomic E-state index is -0.398. The summed E-state index contributed by atoms with van der Waals surface area (Å²) in [6.07, 6.45) is 2.34. The first-order chi connectivity index (χ1) is 8.82. The Bertz CT molecular complexity index is 629. The molecular formula is C14H14BrFN2O. The molecule has 2 rings (SSSR count). The summed E-state index contributed by atoms with van der Waals surface area (Å²) in [6, 6.07) is 4.59. The van der Waals surface area contributed by atoms with Gasteiger partial charge in [-0.05, 0) is 39.0 Å².